The lowest BCUT2D eigenvalue weighted by Crippen LogP contribution is -2.29. The molecule has 10 heteroatoms. The van der Waals surface area contributed by atoms with Crippen LogP contribution >= 0.6 is 7.82 Å². The Morgan fingerprint density at radius 3 is 1.25 bits per heavy atom. The molecule has 59 heavy (non-hydrogen) atoms. The summed E-state index contributed by atoms with van der Waals surface area (Å²) >= 11 is 0. The zero-order chi connectivity index (χ0) is 43.2. The van der Waals surface area contributed by atoms with Crippen LogP contribution in [-0.4, -0.2) is 49.3 Å². The lowest BCUT2D eigenvalue weighted by molar-refractivity contribution is -0.161. The van der Waals surface area contributed by atoms with Gasteiger partial charge in [0.1, 0.15) is 6.61 Å². The third-order valence-corrected chi connectivity index (χ3v) is 11.8. The van der Waals surface area contributed by atoms with Crippen LogP contribution in [-0.2, 0) is 32.7 Å². The van der Waals surface area contributed by atoms with Gasteiger partial charge in [-0.25, -0.2) is 4.57 Å². The van der Waals surface area contributed by atoms with Crippen LogP contribution in [0.15, 0.2) is 24.3 Å². The Morgan fingerprint density at radius 1 is 0.492 bits per heavy atom. The Balaban J connectivity index is 4.06. The number of rotatable bonds is 47. The number of carbonyl (C=O) groups is 2. The Labute approximate surface area is 363 Å². The number of esters is 2. The van der Waals surface area contributed by atoms with E-state index in [1.54, 1.807) is 0 Å². The number of carbonyl (C=O) groups excluding carboxylic acids is 2. The molecule has 3 N–H and O–H groups in total. The highest BCUT2D eigenvalue weighted by Gasteiger charge is 2.26. The largest absolute Gasteiger partial charge is 0.472 e. The van der Waals surface area contributed by atoms with E-state index >= 15 is 0 Å². The molecular weight excluding hydrogens is 762 g/mol. The second kappa shape index (κ2) is 46.0. The summed E-state index contributed by atoms with van der Waals surface area (Å²) in [5, 5.41) is 0. The summed E-state index contributed by atoms with van der Waals surface area (Å²) in [6.45, 7) is 3.73. The molecule has 0 aromatic carbocycles. The van der Waals surface area contributed by atoms with Gasteiger partial charge in [-0.3, -0.25) is 18.6 Å². The van der Waals surface area contributed by atoms with Crippen molar-refractivity contribution in [3.05, 3.63) is 24.3 Å². The van der Waals surface area contributed by atoms with Crippen LogP contribution in [0.25, 0.3) is 0 Å². The van der Waals surface area contributed by atoms with Crippen molar-refractivity contribution < 1.29 is 37.6 Å². The van der Waals surface area contributed by atoms with E-state index in [0.29, 0.717) is 6.42 Å². The first-order valence-electron chi connectivity index (χ1n) is 24.8. The molecule has 2 atom stereocenters. The molecule has 0 fully saturated rings. The number of phosphoric acid groups is 1. The minimum Gasteiger partial charge on any atom is -0.462 e. The second-order valence-corrected chi connectivity index (χ2v) is 18.1. The van der Waals surface area contributed by atoms with Gasteiger partial charge in [-0.05, 0) is 57.8 Å². The fourth-order valence-electron chi connectivity index (χ4n) is 7.11. The topological polar surface area (TPSA) is 134 Å². The van der Waals surface area contributed by atoms with Crippen molar-refractivity contribution in [3.8, 4) is 0 Å². The Kier molecular flexibility index (Phi) is 44.8. The molecule has 0 rings (SSSR count). The standard InChI is InChI=1S/C49H94NO8P/c1-3-5-7-9-11-13-15-17-19-20-21-22-23-24-25-26-28-30-32-34-36-38-40-42-49(52)58-47(46-57-59(53,54)56-44-43-50)45-55-48(51)41-39-37-35-33-31-29-27-18-16-14-12-10-8-6-4-2/h18,27,34,36,47H,3-17,19-26,28-33,35,37-46,50H2,1-2H3,(H,53,54)/b27-18+,36-34+/t47-/m1/s1. The first-order chi connectivity index (χ1) is 28.8. The maximum atomic E-state index is 12.6. The van der Waals surface area contributed by atoms with Crippen molar-refractivity contribution in [2.75, 3.05) is 26.4 Å². The van der Waals surface area contributed by atoms with Crippen molar-refractivity contribution in [2.24, 2.45) is 5.73 Å². The average molecular weight is 856 g/mol. The van der Waals surface area contributed by atoms with E-state index in [2.05, 4.69) is 38.2 Å². The monoisotopic (exact) mass is 856 g/mol. The fraction of sp³-hybridized carbons (Fsp3) is 0.878. The molecule has 0 aliphatic heterocycles. The first-order valence-corrected chi connectivity index (χ1v) is 26.3. The smallest absolute Gasteiger partial charge is 0.462 e. The van der Waals surface area contributed by atoms with Gasteiger partial charge in [-0.1, -0.05) is 199 Å². The number of phosphoric ester groups is 1. The Hall–Kier alpha value is -1.51. The highest BCUT2D eigenvalue weighted by molar-refractivity contribution is 7.47. The first kappa shape index (κ1) is 57.5. The molecular formula is C49H94NO8P. The van der Waals surface area contributed by atoms with E-state index in [-0.39, 0.29) is 32.6 Å². The van der Waals surface area contributed by atoms with Gasteiger partial charge in [0.25, 0.3) is 0 Å². The van der Waals surface area contributed by atoms with Crippen LogP contribution in [0.5, 0.6) is 0 Å². The quantitative estimate of drug-likeness (QED) is 0.0265. The number of allylic oxidation sites excluding steroid dienone is 4. The van der Waals surface area contributed by atoms with E-state index < -0.39 is 32.5 Å². The van der Waals surface area contributed by atoms with E-state index in [1.165, 1.54) is 161 Å². The molecule has 9 nitrogen and oxygen atoms in total. The molecule has 0 aromatic heterocycles. The van der Waals surface area contributed by atoms with Crippen molar-refractivity contribution in [2.45, 2.75) is 251 Å². The zero-order valence-electron chi connectivity index (χ0n) is 38.5. The summed E-state index contributed by atoms with van der Waals surface area (Å²) < 4.78 is 32.8. The van der Waals surface area contributed by atoms with Crippen LogP contribution in [0.1, 0.15) is 245 Å². The molecule has 1 unspecified atom stereocenters. The van der Waals surface area contributed by atoms with Gasteiger partial charge in [0, 0.05) is 19.4 Å². The number of nitrogens with two attached hydrogens (primary N) is 1. The fourth-order valence-corrected chi connectivity index (χ4v) is 7.87. The van der Waals surface area contributed by atoms with E-state index in [1.807, 2.05) is 0 Å². The number of ether oxygens (including phenoxy) is 2. The van der Waals surface area contributed by atoms with Crippen molar-refractivity contribution >= 4 is 19.8 Å². The molecule has 0 amide bonds. The van der Waals surface area contributed by atoms with Gasteiger partial charge < -0.3 is 20.1 Å². The highest BCUT2D eigenvalue weighted by Crippen LogP contribution is 2.43. The summed E-state index contributed by atoms with van der Waals surface area (Å²) in [7, 11) is -4.39. The van der Waals surface area contributed by atoms with Crippen LogP contribution in [0.2, 0.25) is 0 Å². The third-order valence-electron chi connectivity index (χ3n) is 10.8. The van der Waals surface area contributed by atoms with Gasteiger partial charge in [-0.15, -0.1) is 0 Å². The maximum absolute atomic E-state index is 12.6. The van der Waals surface area contributed by atoms with Crippen molar-refractivity contribution in [3.63, 3.8) is 0 Å². The van der Waals surface area contributed by atoms with Crippen LogP contribution in [0.4, 0.5) is 0 Å². The van der Waals surface area contributed by atoms with Crippen molar-refractivity contribution in [1.29, 1.82) is 0 Å². The summed E-state index contributed by atoms with van der Waals surface area (Å²) in [4.78, 5) is 34.9. The van der Waals surface area contributed by atoms with Crippen LogP contribution < -0.4 is 5.73 Å². The highest BCUT2D eigenvalue weighted by atomic mass is 31.2. The zero-order valence-corrected chi connectivity index (χ0v) is 39.4. The lowest BCUT2D eigenvalue weighted by Gasteiger charge is -2.19. The second-order valence-electron chi connectivity index (χ2n) is 16.7. The molecule has 0 aliphatic carbocycles. The van der Waals surface area contributed by atoms with Gasteiger partial charge in [0.05, 0.1) is 13.2 Å². The molecule has 0 radical (unpaired) electrons. The molecule has 348 valence electrons. The molecule has 0 aliphatic rings. The van der Waals surface area contributed by atoms with Crippen molar-refractivity contribution in [1.82, 2.24) is 0 Å². The summed E-state index contributed by atoms with van der Waals surface area (Å²) in [6.07, 6.45) is 50.9. The molecule has 0 saturated heterocycles. The van der Waals surface area contributed by atoms with Gasteiger partial charge in [0.15, 0.2) is 6.10 Å². The Bertz CT molecular complexity index is 1020. The lowest BCUT2D eigenvalue weighted by atomic mass is 10.0. The molecule has 0 saturated carbocycles. The SMILES string of the molecule is CCCCCCCC/C=C/CCCCCCCC(=O)OC[C@H](COP(=O)(O)OCCN)OC(=O)CCC/C=C/CCCCCCCCCCCCCCCCCCCC. The normalized spacial score (nSPS) is 13.4. The Morgan fingerprint density at radius 2 is 0.847 bits per heavy atom. The van der Waals surface area contributed by atoms with E-state index in [9.17, 15) is 19.0 Å². The molecule has 0 spiro atoms. The van der Waals surface area contributed by atoms with E-state index in [0.717, 1.165) is 51.4 Å². The summed E-state index contributed by atoms with van der Waals surface area (Å²) in [5.74, 6) is -0.866. The van der Waals surface area contributed by atoms with Crippen LogP contribution in [0, 0.1) is 0 Å². The third kappa shape index (κ3) is 45.8. The minimum absolute atomic E-state index is 0.0499. The maximum Gasteiger partial charge on any atom is 0.472 e. The molecule has 0 aromatic rings. The molecule has 0 bridgehead atoms. The number of unbranched alkanes of at least 4 members (excludes halogenated alkanes) is 30. The van der Waals surface area contributed by atoms with Crippen LogP contribution in [0.3, 0.4) is 0 Å². The summed E-state index contributed by atoms with van der Waals surface area (Å²) in [6, 6.07) is 0. The van der Waals surface area contributed by atoms with E-state index in [4.69, 9.17) is 24.3 Å². The number of hydrogen-bond acceptors (Lipinski definition) is 8. The van der Waals surface area contributed by atoms with Gasteiger partial charge >= 0.3 is 19.8 Å². The minimum atomic E-state index is -4.39. The predicted octanol–water partition coefficient (Wildman–Crippen LogP) is 14.7. The average Bonchev–Trinajstić information content (AvgIpc) is 3.22. The molecule has 0 heterocycles. The summed E-state index contributed by atoms with van der Waals surface area (Å²) in [5.41, 5.74) is 5.36. The van der Waals surface area contributed by atoms with Gasteiger partial charge in [-0.2, -0.15) is 0 Å². The van der Waals surface area contributed by atoms with Gasteiger partial charge in [0.2, 0.25) is 0 Å². The predicted molar refractivity (Wildman–Crippen MR) is 247 cm³/mol. The number of hydrogen-bond donors (Lipinski definition) is 2.